The third-order valence-electron chi connectivity index (χ3n) is 3.54. The van der Waals surface area contributed by atoms with E-state index in [9.17, 15) is 4.79 Å². The van der Waals surface area contributed by atoms with Gasteiger partial charge in [-0.2, -0.15) is 0 Å². The Labute approximate surface area is 120 Å². The molecule has 2 rings (SSSR count). The lowest BCUT2D eigenvalue weighted by molar-refractivity contribution is -0.139. The standard InChI is InChI=1S/C15H22N2O3/c1-12(15(18)17-10-8-16(2)9-11-17)20-14-6-4-13(19-3)5-7-14/h4-7,12H,8-11H2,1-3H3. The Morgan fingerprint density at radius 3 is 2.20 bits per heavy atom. The second-order valence-electron chi connectivity index (χ2n) is 5.06. The van der Waals surface area contributed by atoms with Gasteiger partial charge >= 0.3 is 0 Å². The molecule has 110 valence electrons. The molecule has 5 nitrogen and oxygen atoms in total. The molecule has 0 spiro atoms. The number of carbonyl (C=O) groups is 1. The molecule has 0 aromatic heterocycles. The molecule has 1 aliphatic heterocycles. The predicted octanol–water partition coefficient (Wildman–Crippen LogP) is 1.24. The fourth-order valence-corrected chi connectivity index (χ4v) is 2.19. The quantitative estimate of drug-likeness (QED) is 0.831. The lowest BCUT2D eigenvalue weighted by Crippen LogP contribution is -2.50. The first-order valence-electron chi connectivity index (χ1n) is 6.88. The Balaban J connectivity index is 1.89. The van der Waals surface area contributed by atoms with Crippen molar-refractivity contribution in [2.24, 2.45) is 0 Å². The molecule has 1 aromatic carbocycles. The Morgan fingerprint density at radius 1 is 1.10 bits per heavy atom. The molecule has 1 saturated heterocycles. The van der Waals surface area contributed by atoms with Crippen LogP contribution in [0.3, 0.4) is 0 Å². The first-order chi connectivity index (χ1) is 9.60. The Hall–Kier alpha value is -1.75. The first kappa shape index (κ1) is 14.7. The van der Waals surface area contributed by atoms with Crippen molar-refractivity contribution < 1.29 is 14.3 Å². The van der Waals surface area contributed by atoms with Crippen molar-refractivity contribution in [2.75, 3.05) is 40.3 Å². The van der Waals surface area contributed by atoms with Gasteiger partial charge in [0.15, 0.2) is 6.10 Å². The molecular formula is C15H22N2O3. The van der Waals surface area contributed by atoms with Crippen molar-refractivity contribution in [3.8, 4) is 11.5 Å². The van der Waals surface area contributed by atoms with Gasteiger partial charge in [0.2, 0.25) is 0 Å². The smallest absolute Gasteiger partial charge is 0.263 e. The summed E-state index contributed by atoms with van der Waals surface area (Å²) in [5.74, 6) is 1.50. The molecule has 1 unspecified atom stereocenters. The number of rotatable bonds is 4. The second kappa shape index (κ2) is 6.61. The zero-order valence-corrected chi connectivity index (χ0v) is 12.3. The van der Waals surface area contributed by atoms with Crippen LogP contribution in [0.5, 0.6) is 11.5 Å². The normalized spacial score (nSPS) is 17.6. The molecular weight excluding hydrogens is 256 g/mol. The van der Waals surface area contributed by atoms with Crippen LogP contribution in [-0.4, -0.2) is 62.1 Å². The minimum absolute atomic E-state index is 0.0499. The van der Waals surface area contributed by atoms with Crippen molar-refractivity contribution in [3.63, 3.8) is 0 Å². The van der Waals surface area contributed by atoms with Gasteiger partial charge in [0, 0.05) is 26.2 Å². The van der Waals surface area contributed by atoms with Gasteiger partial charge in [-0.25, -0.2) is 0 Å². The Kier molecular flexibility index (Phi) is 4.84. The van der Waals surface area contributed by atoms with E-state index in [1.165, 1.54) is 0 Å². The van der Waals surface area contributed by atoms with E-state index < -0.39 is 6.10 Å². The van der Waals surface area contributed by atoms with E-state index >= 15 is 0 Å². The Bertz CT molecular complexity index is 439. The van der Waals surface area contributed by atoms with Crippen molar-refractivity contribution in [2.45, 2.75) is 13.0 Å². The minimum atomic E-state index is -0.466. The van der Waals surface area contributed by atoms with Crippen LogP contribution in [0.15, 0.2) is 24.3 Å². The molecule has 1 fully saturated rings. The number of carbonyl (C=O) groups excluding carboxylic acids is 1. The minimum Gasteiger partial charge on any atom is -0.497 e. The summed E-state index contributed by atoms with van der Waals surface area (Å²) in [5.41, 5.74) is 0. The summed E-state index contributed by atoms with van der Waals surface area (Å²) >= 11 is 0. The lowest BCUT2D eigenvalue weighted by Gasteiger charge is -2.33. The van der Waals surface area contributed by atoms with Gasteiger partial charge in [0.05, 0.1) is 7.11 Å². The number of hydrogen-bond acceptors (Lipinski definition) is 4. The first-order valence-corrected chi connectivity index (χ1v) is 6.88. The number of benzene rings is 1. The van der Waals surface area contributed by atoms with Crippen molar-refractivity contribution in [1.82, 2.24) is 9.80 Å². The van der Waals surface area contributed by atoms with Crippen molar-refractivity contribution >= 4 is 5.91 Å². The molecule has 1 amide bonds. The molecule has 1 aromatic rings. The van der Waals surface area contributed by atoms with E-state index in [4.69, 9.17) is 9.47 Å². The maximum absolute atomic E-state index is 12.3. The Morgan fingerprint density at radius 2 is 1.65 bits per heavy atom. The van der Waals surface area contributed by atoms with Crippen LogP contribution in [0.1, 0.15) is 6.92 Å². The van der Waals surface area contributed by atoms with E-state index in [2.05, 4.69) is 11.9 Å². The van der Waals surface area contributed by atoms with Crippen LogP contribution in [-0.2, 0) is 4.79 Å². The number of ether oxygens (including phenoxy) is 2. The number of nitrogens with zero attached hydrogens (tertiary/aromatic N) is 2. The highest BCUT2D eigenvalue weighted by atomic mass is 16.5. The van der Waals surface area contributed by atoms with E-state index in [-0.39, 0.29) is 5.91 Å². The monoisotopic (exact) mass is 278 g/mol. The van der Waals surface area contributed by atoms with Gasteiger partial charge in [-0.05, 0) is 38.2 Å². The molecule has 20 heavy (non-hydrogen) atoms. The van der Waals surface area contributed by atoms with Gasteiger partial charge in [0.25, 0.3) is 5.91 Å². The number of methoxy groups -OCH3 is 1. The zero-order chi connectivity index (χ0) is 14.5. The van der Waals surface area contributed by atoms with Gasteiger partial charge in [-0.1, -0.05) is 0 Å². The number of piperazine rings is 1. The maximum Gasteiger partial charge on any atom is 0.263 e. The summed E-state index contributed by atoms with van der Waals surface area (Å²) in [5, 5.41) is 0. The predicted molar refractivity (Wildman–Crippen MR) is 77.2 cm³/mol. The summed E-state index contributed by atoms with van der Waals surface area (Å²) in [6, 6.07) is 7.27. The van der Waals surface area contributed by atoms with E-state index in [0.29, 0.717) is 5.75 Å². The maximum atomic E-state index is 12.3. The fraction of sp³-hybridized carbons (Fsp3) is 0.533. The molecule has 0 bridgehead atoms. The van der Waals surface area contributed by atoms with Gasteiger partial charge < -0.3 is 19.3 Å². The molecule has 1 aliphatic rings. The number of likely N-dealkylation sites (N-methyl/N-ethyl adjacent to an activating group) is 1. The van der Waals surface area contributed by atoms with Gasteiger partial charge in [-0.15, -0.1) is 0 Å². The van der Waals surface area contributed by atoms with Crippen LogP contribution in [0, 0.1) is 0 Å². The van der Waals surface area contributed by atoms with Crippen LogP contribution >= 0.6 is 0 Å². The number of hydrogen-bond donors (Lipinski definition) is 0. The highest BCUT2D eigenvalue weighted by molar-refractivity contribution is 5.81. The third-order valence-corrected chi connectivity index (χ3v) is 3.54. The topological polar surface area (TPSA) is 42.0 Å². The SMILES string of the molecule is COc1ccc(OC(C)C(=O)N2CCN(C)CC2)cc1. The fourth-order valence-electron chi connectivity index (χ4n) is 2.19. The number of amides is 1. The van der Waals surface area contributed by atoms with E-state index in [1.807, 2.05) is 29.2 Å². The summed E-state index contributed by atoms with van der Waals surface area (Å²) < 4.78 is 10.8. The zero-order valence-electron chi connectivity index (χ0n) is 12.3. The van der Waals surface area contributed by atoms with Gasteiger partial charge in [0.1, 0.15) is 11.5 Å². The molecule has 0 radical (unpaired) electrons. The van der Waals surface area contributed by atoms with Crippen LogP contribution in [0.2, 0.25) is 0 Å². The van der Waals surface area contributed by atoms with Crippen molar-refractivity contribution in [3.05, 3.63) is 24.3 Å². The summed E-state index contributed by atoms with van der Waals surface area (Å²) in [6.45, 7) is 5.17. The summed E-state index contributed by atoms with van der Waals surface area (Å²) in [4.78, 5) is 16.4. The van der Waals surface area contributed by atoms with E-state index in [1.54, 1.807) is 14.0 Å². The van der Waals surface area contributed by atoms with Crippen LogP contribution in [0.4, 0.5) is 0 Å². The average Bonchev–Trinajstić information content (AvgIpc) is 2.48. The van der Waals surface area contributed by atoms with Crippen LogP contribution < -0.4 is 9.47 Å². The summed E-state index contributed by atoms with van der Waals surface area (Å²) in [6.07, 6.45) is -0.466. The molecule has 0 aliphatic carbocycles. The highest BCUT2D eigenvalue weighted by Crippen LogP contribution is 2.18. The van der Waals surface area contributed by atoms with Crippen molar-refractivity contribution in [1.29, 1.82) is 0 Å². The largest absolute Gasteiger partial charge is 0.497 e. The molecule has 1 heterocycles. The van der Waals surface area contributed by atoms with Gasteiger partial charge in [-0.3, -0.25) is 4.79 Å². The third kappa shape index (κ3) is 3.63. The molecule has 5 heteroatoms. The molecule has 0 saturated carbocycles. The molecule has 1 atom stereocenters. The highest BCUT2D eigenvalue weighted by Gasteiger charge is 2.24. The molecule has 0 N–H and O–H groups in total. The second-order valence-corrected chi connectivity index (χ2v) is 5.06. The lowest BCUT2D eigenvalue weighted by atomic mass is 10.2. The summed E-state index contributed by atoms with van der Waals surface area (Å²) in [7, 11) is 3.69. The van der Waals surface area contributed by atoms with E-state index in [0.717, 1.165) is 31.9 Å². The average molecular weight is 278 g/mol. The van der Waals surface area contributed by atoms with Crippen LogP contribution in [0.25, 0.3) is 0 Å².